The molecule has 0 atom stereocenters. The Morgan fingerprint density at radius 1 is 1.40 bits per heavy atom. The molecule has 0 saturated carbocycles. The first-order chi connectivity index (χ1) is 7.11. The number of rotatable bonds is 0. The summed E-state index contributed by atoms with van der Waals surface area (Å²) in [5, 5.41) is 9.48. The molecule has 0 unspecified atom stereocenters. The molecular weight excluding hydrogens is 256 g/mol. The monoisotopic (exact) mass is 262 g/mol. The molecule has 1 N–H and O–H groups in total. The number of nitrogens with zero attached hydrogens (tertiary/aromatic N) is 1. The molecule has 1 aromatic heterocycles. The third-order valence-electron chi connectivity index (χ3n) is 2.16. The van der Waals surface area contributed by atoms with Gasteiger partial charge in [0.1, 0.15) is 6.07 Å². The predicted octanol–water partition coefficient (Wildman–Crippen LogP) is 2.47. The van der Waals surface area contributed by atoms with E-state index in [4.69, 9.17) is 5.26 Å². The van der Waals surface area contributed by atoms with Gasteiger partial charge in [-0.25, -0.2) is 0 Å². The molecule has 1 aromatic carbocycles. The van der Waals surface area contributed by atoms with Crippen LogP contribution in [-0.2, 0) is 0 Å². The highest BCUT2D eigenvalue weighted by atomic mass is 79.9. The number of pyridine rings is 1. The van der Waals surface area contributed by atoms with Crippen molar-refractivity contribution in [1.82, 2.24) is 4.98 Å². The minimum atomic E-state index is -0.0703. The number of hydrogen-bond donors (Lipinski definition) is 1. The molecule has 15 heavy (non-hydrogen) atoms. The zero-order valence-electron chi connectivity index (χ0n) is 7.97. The van der Waals surface area contributed by atoms with E-state index >= 15 is 0 Å². The molecule has 0 spiro atoms. The quantitative estimate of drug-likeness (QED) is 0.793. The summed E-state index contributed by atoms with van der Waals surface area (Å²) in [6, 6.07) is 7.00. The number of fused-ring (bicyclic) bond motifs is 1. The van der Waals surface area contributed by atoms with E-state index in [1.54, 1.807) is 19.1 Å². The second kappa shape index (κ2) is 3.52. The number of aryl methyl sites for hydroxylation is 1. The fraction of sp³-hybridized carbons (Fsp3) is 0.0909. The van der Waals surface area contributed by atoms with Gasteiger partial charge in [-0.1, -0.05) is 15.9 Å². The zero-order valence-corrected chi connectivity index (χ0v) is 9.55. The van der Waals surface area contributed by atoms with E-state index < -0.39 is 0 Å². The molecule has 74 valence electrons. The van der Waals surface area contributed by atoms with Crippen LogP contribution in [0.1, 0.15) is 11.3 Å². The van der Waals surface area contributed by atoms with Crippen LogP contribution in [-0.4, -0.2) is 4.98 Å². The van der Waals surface area contributed by atoms with Crippen LogP contribution in [0.2, 0.25) is 0 Å². The van der Waals surface area contributed by atoms with Crippen molar-refractivity contribution >= 4 is 26.8 Å². The summed E-state index contributed by atoms with van der Waals surface area (Å²) in [7, 11) is 0. The Morgan fingerprint density at radius 3 is 2.80 bits per heavy atom. The summed E-state index contributed by atoms with van der Waals surface area (Å²) in [6.45, 7) is 1.80. The number of nitriles is 1. The van der Waals surface area contributed by atoms with E-state index in [9.17, 15) is 4.79 Å². The minimum Gasteiger partial charge on any atom is -0.357 e. The van der Waals surface area contributed by atoms with Crippen molar-refractivity contribution in [2.75, 3.05) is 0 Å². The van der Waals surface area contributed by atoms with E-state index in [1.807, 2.05) is 0 Å². The van der Waals surface area contributed by atoms with Crippen LogP contribution in [0.5, 0.6) is 0 Å². The van der Waals surface area contributed by atoms with Gasteiger partial charge < -0.3 is 4.98 Å². The van der Waals surface area contributed by atoms with E-state index in [-0.39, 0.29) is 5.43 Å². The van der Waals surface area contributed by atoms with Crippen molar-refractivity contribution in [3.63, 3.8) is 0 Å². The second-order valence-corrected chi connectivity index (χ2v) is 4.22. The van der Waals surface area contributed by atoms with Crippen molar-refractivity contribution in [2.45, 2.75) is 6.92 Å². The third-order valence-corrected chi connectivity index (χ3v) is 2.62. The molecule has 2 aromatic rings. The summed E-state index contributed by atoms with van der Waals surface area (Å²) in [6.07, 6.45) is 0. The maximum absolute atomic E-state index is 11.7. The molecule has 0 saturated heterocycles. The van der Waals surface area contributed by atoms with Gasteiger partial charge in [-0.05, 0) is 19.1 Å². The molecule has 0 bridgehead atoms. The van der Waals surface area contributed by atoms with Gasteiger partial charge in [-0.15, -0.1) is 0 Å². The van der Waals surface area contributed by atoms with Gasteiger partial charge in [0.05, 0.1) is 11.1 Å². The van der Waals surface area contributed by atoms with E-state index in [0.717, 1.165) is 10.2 Å². The molecular formula is C11H7BrN2O. The van der Waals surface area contributed by atoms with Crippen LogP contribution in [0.3, 0.4) is 0 Å². The fourth-order valence-corrected chi connectivity index (χ4v) is 1.99. The predicted molar refractivity (Wildman–Crippen MR) is 61.7 cm³/mol. The Kier molecular flexibility index (Phi) is 2.33. The van der Waals surface area contributed by atoms with Crippen molar-refractivity contribution in [2.24, 2.45) is 0 Å². The van der Waals surface area contributed by atoms with Gasteiger partial charge in [0.2, 0.25) is 0 Å². The Morgan fingerprint density at radius 2 is 2.13 bits per heavy atom. The van der Waals surface area contributed by atoms with Gasteiger partial charge in [0, 0.05) is 21.6 Å². The first-order valence-corrected chi connectivity index (χ1v) is 5.14. The number of aromatic nitrogens is 1. The molecule has 1 heterocycles. The van der Waals surface area contributed by atoms with Crippen LogP contribution in [0.25, 0.3) is 10.9 Å². The summed E-state index contributed by atoms with van der Waals surface area (Å²) >= 11 is 3.27. The minimum absolute atomic E-state index is 0.0703. The molecule has 3 nitrogen and oxygen atoms in total. The van der Waals surface area contributed by atoms with Gasteiger partial charge in [0.15, 0.2) is 5.43 Å². The fourth-order valence-electron chi connectivity index (χ4n) is 1.53. The molecule has 0 aliphatic rings. The number of hydrogen-bond acceptors (Lipinski definition) is 2. The first-order valence-electron chi connectivity index (χ1n) is 4.35. The van der Waals surface area contributed by atoms with Crippen LogP contribution >= 0.6 is 15.9 Å². The summed E-state index contributed by atoms with van der Waals surface area (Å²) < 4.78 is 0.737. The molecule has 0 fully saturated rings. The normalized spacial score (nSPS) is 10.2. The van der Waals surface area contributed by atoms with E-state index in [0.29, 0.717) is 16.5 Å². The lowest BCUT2D eigenvalue weighted by molar-refractivity contribution is 1.24. The highest BCUT2D eigenvalue weighted by molar-refractivity contribution is 9.10. The number of H-pyrrole nitrogens is 1. The average Bonchev–Trinajstić information content (AvgIpc) is 2.18. The van der Waals surface area contributed by atoms with Crippen LogP contribution in [0, 0.1) is 18.3 Å². The Balaban J connectivity index is 3.05. The first kappa shape index (κ1) is 9.94. The van der Waals surface area contributed by atoms with Crippen LogP contribution in [0.4, 0.5) is 0 Å². The van der Waals surface area contributed by atoms with Crippen LogP contribution in [0.15, 0.2) is 27.5 Å². The SMILES string of the molecule is Cc1cc(=O)c2cc(Br)cc(C#N)c2[nH]1. The number of benzene rings is 1. The highest BCUT2D eigenvalue weighted by Crippen LogP contribution is 2.20. The van der Waals surface area contributed by atoms with Crippen molar-refractivity contribution < 1.29 is 0 Å². The maximum atomic E-state index is 11.7. The lowest BCUT2D eigenvalue weighted by atomic mass is 10.1. The average molecular weight is 263 g/mol. The third kappa shape index (κ3) is 1.66. The van der Waals surface area contributed by atoms with E-state index in [1.165, 1.54) is 6.07 Å². The van der Waals surface area contributed by atoms with Gasteiger partial charge >= 0.3 is 0 Å². The second-order valence-electron chi connectivity index (χ2n) is 3.30. The van der Waals surface area contributed by atoms with Crippen molar-refractivity contribution in [3.8, 4) is 6.07 Å². The highest BCUT2D eigenvalue weighted by Gasteiger charge is 2.06. The topological polar surface area (TPSA) is 56.6 Å². The summed E-state index contributed by atoms with van der Waals surface area (Å²) in [5.41, 5.74) is 1.76. The van der Waals surface area contributed by atoms with E-state index in [2.05, 4.69) is 27.0 Å². The Labute approximate surface area is 94.5 Å². The number of halogens is 1. The lowest BCUT2D eigenvalue weighted by Crippen LogP contribution is -2.04. The molecule has 0 amide bonds. The van der Waals surface area contributed by atoms with Crippen molar-refractivity contribution in [1.29, 1.82) is 5.26 Å². The van der Waals surface area contributed by atoms with Gasteiger partial charge in [0.25, 0.3) is 0 Å². The molecule has 4 heteroatoms. The summed E-state index contributed by atoms with van der Waals surface area (Å²) in [4.78, 5) is 14.7. The van der Waals surface area contributed by atoms with Gasteiger partial charge in [-0.3, -0.25) is 4.79 Å². The number of aromatic amines is 1. The van der Waals surface area contributed by atoms with Crippen LogP contribution < -0.4 is 5.43 Å². The zero-order chi connectivity index (χ0) is 11.0. The lowest BCUT2D eigenvalue weighted by Gasteiger charge is -2.02. The standard InChI is InChI=1S/C11H7BrN2O/c1-6-2-10(15)9-4-8(12)3-7(5-13)11(9)14-6/h2-4H,1H3,(H,14,15). The Hall–Kier alpha value is -1.60. The van der Waals surface area contributed by atoms with Gasteiger partial charge in [-0.2, -0.15) is 5.26 Å². The summed E-state index contributed by atoms with van der Waals surface area (Å²) in [5.74, 6) is 0. The Bertz CT molecular complexity index is 637. The molecule has 0 aliphatic heterocycles. The molecule has 0 aliphatic carbocycles. The largest absolute Gasteiger partial charge is 0.357 e. The van der Waals surface area contributed by atoms with Crippen molar-refractivity contribution in [3.05, 3.63) is 44.2 Å². The molecule has 0 radical (unpaired) electrons. The molecule has 2 rings (SSSR count). The number of nitrogens with one attached hydrogen (secondary N) is 1. The smallest absolute Gasteiger partial charge is 0.189 e. The maximum Gasteiger partial charge on any atom is 0.189 e.